The molecule has 172 valence electrons. The van der Waals surface area contributed by atoms with Crippen LogP contribution in [-0.4, -0.2) is 89.7 Å². The number of piperazine rings is 1. The Morgan fingerprint density at radius 3 is 2.53 bits per heavy atom. The highest BCUT2D eigenvalue weighted by Gasteiger charge is 2.47. The average molecular weight is 440 g/mol. The van der Waals surface area contributed by atoms with E-state index >= 15 is 0 Å². The van der Waals surface area contributed by atoms with Gasteiger partial charge in [0.15, 0.2) is 6.10 Å². The normalized spacial score (nSPS) is 23.8. The summed E-state index contributed by atoms with van der Waals surface area (Å²) in [4.78, 5) is 24.6. The Morgan fingerprint density at radius 2 is 1.84 bits per heavy atom. The van der Waals surface area contributed by atoms with Gasteiger partial charge in [0.2, 0.25) is 0 Å². The molecular weight excluding hydrogens is 406 g/mol. The summed E-state index contributed by atoms with van der Waals surface area (Å²) in [5, 5.41) is 0. The molecule has 3 aliphatic heterocycles. The molecule has 1 aromatic carbocycles. The molecule has 2 saturated heterocycles. The van der Waals surface area contributed by atoms with Crippen molar-refractivity contribution in [1.29, 1.82) is 0 Å². The van der Waals surface area contributed by atoms with E-state index in [9.17, 15) is 4.79 Å². The SMILES string of the molecule is COc1ccc(CN2CCC3(CC2)O[C@@H](C(=O)N2CCN(C)CC2)Cn2ccnc23)cc1. The van der Waals surface area contributed by atoms with Crippen LogP contribution in [0.3, 0.4) is 0 Å². The highest BCUT2D eigenvalue weighted by molar-refractivity contribution is 5.81. The van der Waals surface area contributed by atoms with Crippen molar-refractivity contribution in [2.24, 2.45) is 0 Å². The molecule has 2 aromatic rings. The molecule has 1 spiro atoms. The van der Waals surface area contributed by atoms with Gasteiger partial charge in [-0.3, -0.25) is 9.69 Å². The summed E-state index contributed by atoms with van der Waals surface area (Å²) in [5.74, 6) is 1.98. The number of aromatic nitrogens is 2. The molecule has 1 aromatic heterocycles. The fraction of sp³-hybridized carbons (Fsp3) is 0.583. The van der Waals surface area contributed by atoms with E-state index in [1.54, 1.807) is 7.11 Å². The number of methoxy groups -OCH3 is 1. The standard InChI is InChI=1S/C24H33N5O3/c1-26-13-15-28(16-14-26)22(30)21-18-29-12-9-25-23(29)24(32-21)7-10-27(11-8-24)17-19-3-5-20(31-2)6-4-19/h3-6,9,12,21H,7-8,10-11,13-18H2,1-2H3/t21-/m1/s1. The van der Waals surface area contributed by atoms with Crippen LogP contribution in [0.1, 0.15) is 24.2 Å². The number of likely N-dealkylation sites (N-methyl/N-ethyl adjacent to an activating group) is 1. The first kappa shape index (κ1) is 21.4. The summed E-state index contributed by atoms with van der Waals surface area (Å²) in [6, 6.07) is 8.27. The van der Waals surface area contributed by atoms with Gasteiger partial charge in [0.25, 0.3) is 5.91 Å². The molecular formula is C24H33N5O3. The number of ether oxygens (including phenoxy) is 2. The van der Waals surface area contributed by atoms with Crippen molar-refractivity contribution in [1.82, 2.24) is 24.3 Å². The molecule has 0 unspecified atom stereocenters. The summed E-state index contributed by atoms with van der Waals surface area (Å²) in [7, 11) is 3.79. The molecule has 4 heterocycles. The minimum Gasteiger partial charge on any atom is -0.497 e. The smallest absolute Gasteiger partial charge is 0.253 e. The third kappa shape index (κ3) is 4.14. The summed E-state index contributed by atoms with van der Waals surface area (Å²) in [5.41, 5.74) is 0.793. The molecule has 32 heavy (non-hydrogen) atoms. The first-order chi connectivity index (χ1) is 15.6. The maximum atomic E-state index is 13.3. The maximum absolute atomic E-state index is 13.3. The fourth-order valence-corrected chi connectivity index (χ4v) is 5.16. The van der Waals surface area contributed by atoms with E-state index in [2.05, 4.69) is 38.5 Å². The number of fused-ring (bicyclic) bond motifs is 2. The Labute approximate surface area is 189 Å². The minimum absolute atomic E-state index is 0.123. The second-order valence-corrected chi connectivity index (χ2v) is 9.26. The van der Waals surface area contributed by atoms with E-state index in [4.69, 9.17) is 9.47 Å². The van der Waals surface area contributed by atoms with Crippen LogP contribution in [0.4, 0.5) is 0 Å². The number of nitrogens with zero attached hydrogens (tertiary/aromatic N) is 5. The van der Waals surface area contributed by atoms with Gasteiger partial charge in [-0.15, -0.1) is 0 Å². The number of benzene rings is 1. The minimum atomic E-state index is -0.481. The molecule has 0 N–H and O–H groups in total. The van der Waals surface area contributed by atoms with Gasteiger partial charge in [0.05, 0.1) is 13.7 Å². The summed E-state index contributed by atoms with van der Waals surface area (Å²) < 4.78 is 14.0. The van der Waals surface area contributed by atoms with Crippen LogP contribution in [0.25, 0.3) is 0 Å². The Morgan fingerprint density at radius 1 is 1.12 bits per heavy atom. The molecule has 0 bridgehead atoms. The second-order valence-electron chi connectivity index (χ2n) is 9.26. The van der Waals surface area contributed by atoms with E-state index in [1.165, 1.54) is 5.56 Å². The second kappa shape index (κ2) is 8.84. The molecule has 0 saturated carbocycles. The Kier molecular flexibility index (Phi) is 5.92. The molecule has 0 radical (unpaired) electrons. The molecule has 8 heteroatoms. The molecule has 8 nitrogen and oxygen atoms in total. The van der Waals surface area contributed by atoms with Crippen LogP contribution >= 0.6 is 0 Å². The van der Waals surface area contributed by atoms with E-state index in [-0.39, 0.29) is 5.91 Å². The topological polar surface area (TPSA) is 63.1 Å². The lowest BCUT2D eigenvalue weighted by Crippen LogP contribution is -2.56. The molecule has 5 rings (SSSR count). The van der Waals surface area contributed by atoms with Crippen molar-refractivity contribution < 1.29 is 14.3 Å². The summed E-state index contributed by atoms with van der Waals surface area (Å²) >= 11 is 0. The van der Waals surface area contributed by atoms with Crippen molar-refractivity contribution in [3.8, 4) is 5.75 Å². The van der Waals surface area contributed by atoms with Crippen molar-refractivity contribution in [2.75, 3.05) is 53.4 Å². The maximum Gasteiger partial charge on any atom is 0.253 e. The van der Waals surface area contributed by atoms with Crippen molar-refractivity contribution in [3.63, 3.8) is 0 Å². The number of hydrogen-bond acceptors (Lipinski definition) is 6. The van der Waals surface area contributed by atoms with Crippen LogP contribution in [0.2, 0.25) is 0 Å². The number of hydrogen-bond donors (Lipinski definition) is 0. The quantitative estimate of drug-likeness (QED) is 0.721. The molecule has 1 amide bonds. The Bertz CT molecular complexity index is 927. The number of carbonyl (C=O) groups excluding carboxylic acids is 1. The summed E-state index contributed by atoms with van der Waals surface area (Å²) in [6.07, 6.45) is 5.08. The van der Waals surface area contributed by atoms with Crippen molar-refractivity contribution in [3.05, 3.63) is 48.0 Å². The van der Waals surface area contributed by atoms with Gasteiger partial charge in [-0.25, -0.2) is 4.98 Å². The van der Waals surface area contributed by atoms with Gasteiger partial charge in [-0.05, 0) is 37.6 Å². The van der Waals surface area contributed by atoms with E-state index in [0.717, 1.165) is 70.2 Å². The van der Waals surface area contributed by atoms with E-state index in [0.29, 0.717) is 6.54 Å². The molecule has 0 aliphatic carbocycles. The zero-order valence-corrected chi connectivity index (χ0v) is 19.1. The largest absolute Gasteiger partial charge is 0.497 e. The zero-order chi connectivity index (χ0) is 22.1. The average Bonchev–Trinajstić information content (AvgIpc) is 3.31. The Balaban J connectivity index is 1.27. The van der Waals surface area contributed by atoms with Crippen molar-refractivity contribution in [2.45, 2.75) is 37.6 Å². The highest BCUT2D eigenvalue weighted by atomic mass is 16.5. The predicted molar refractivity (Wildman–Crippen MR) is 120 cm³/mol. The zero-order valence-electron chi connectivity index (χ0n) is 19.1. The number of imidazole rings is 1. The van der Waals surface area contributed by atoms with Crippen LogP contribution < -0.4 is 4.74 Å². The van der Waals surface area contributed by atoms with Gasteiger partial charge in [-0.1, -0.05) is 12.1 Å². The van der Waals surface area contributed by atoms with Crippen LogP contribution in [0.5, 0.6) is 5.75 Å². The lowest BCUT2D eigenvalue weighted by atomic mass is 9.88. The number of carbonyl (C=O) groups is 1. The van der Waals surface area contributed by atoms with Crippen LogP contribution in [0.15, 0.2) is 36.7 Å². The van der Waals surface area contributed by atoms with Gasteiger partial charge in [-0.2, -0.15) is 0 Å². The molecule has 1 atom stereocenters. The lowest BCUT2D eigenvalue weighted by Gasteiger charge is -2.46. The summed E-state index contributed by atoms with van der Waals surface area (Å²) in [6.45, 7) is 6.66. The monoisotopic (exact) mass is 439 g/mol. The van der Waals surface area contributed by atoms with Gasteiger partial charge in [0, 0.05) is 58.2 Å². The van der Waals surface area contributed by atoms with Crippen molar-refractivity contribution >= 4 is 5.91 Å². The molecule has 3 aliphatic rings. The third-order valence-corrected chi connectivity index (χ3v) is 7.17. The van der Waals surface area contributed by atoms with Gasteiger partial charge in [0.1, 0.15) is 17.2 Å². The third-order valence-electron chi connectivity index (χ3n) is 7.17. The number of rotatable bonds is 4. The van der Waals surface area contributed by atoms with Crippen LogP contribution in [0, 0.1) is 0 Å². The molecule has 2 fully saturated rings. The predicted octanol–water partition coefficient (Wildman–Crippen LogP) is 1.56. The van der Waals surface area contributed by atoms with Gasteiger partial charge >= 0.3 is 0 Å². The number of amides is 1. The lowest BCUT2D eigenvalue weighted by molar-refractivity contribution is -0.182. The van der Waals surface area contributed by atoms with E-state index in [1.807, 2.05) is 29.4 Å². The van der Waals surface area contributed by atoms with Crippen LogP contribution in [-0.2, 0) is 28.2 Å². The fourth-order valence-electron chi connectivity index (χ4n) is 5.16. The van der Waals surface area contributed by atoms with Gasteiger partial charge < -0.3 is 23.8 Å². The number of piperidine rings is 1. The number of likely N-dealkylation sites (tertiary alicyclic amines) is 1. The first-order valence-corrected chi connectivity index (χ1v) is 11.6. The Hall–Kier alpha value is -2.42. The highest BCUT2D eigenvalue weighted by Crippen LogP contribution is 2.40. The van der Waals surface area contributed by atoms with E-state index < -0.39 is 11.7 Å². The first-order valence-electron chi connectivity index (χ1n) is 11.6.